The van der Waals surface area contributed by atoms with Gasteiger partial charge in [-0.25, -0.2) is 13.4 Å². The molecule has 0 aromatic carbocycles. The molecule has 8 nitrogen and oxygen atoms in total. The van der Waals surface area contributed by atoms with Crippen molar-refractivity contribution in [2.45, 2.75) is 45.2 Å². The van der Waals surface area contributed by atoms with Crippen molar-refractivity contribution >= 4 is 38.0 Å². The molecule has 10 heteroatoms. The summed E-state index contributed by atoms with van der Waals surface area (Å²) in [5, 5.41) is 1.90. The van der Waals surface area contributed by atoms with Gasteiger partial charge in [-0.05, 0) is 19.8 Å². The highest BCUT2D eigenvalue weighted by atomic mass is 32.2. The molecular weight excluding hydrogens is 390 g/mol. The van der Waals surface area contributed by atoms with Crippen LogP contribution in [-0.2, 0) is 30.6 Å². The van der Waals surface area contributed by atoms with E-state index in [0.717, 1.165) is 4.96 Å². The van der Waals surface area contributed by atoms with Crippen molar-refractivity contribution in [2.75, 3.05) is 18.1 Å². The van der Waals surface area contributed by atoms with Gasteiger partial charge in [0.25, 0.3) is 5.91 Å². The number of hydrogen-bond acceptors (Lipinski definition) is 7. The first-order chi connectivity index (χ1) is 12.8. The Bertz CT molecular complexity index is 905. The minimum absolute atomic E-state index is 0.0111. The molecule has 2 aromatic rings. The van der Waals surface area contributed by atoms with E-state index in [0.29, 0.717) is 18.5 Å². The molecule has 3 heterocycles. The third-order valence-corrected chi connectivity index (χ3v) is 7.30. The number of esters is 1. The zero-order valence-electron chi connectivity index (χ0n) is 15.3. The molecule has 27 heavy (non-hydrogen) atoms. The third-order valence-electron chi connectivity index (χ3n) is 4.78. The van der Waals surface area contributed by atoms with Gasteiger partial charge in [-0.15, -0.1) is 11.3 Å². The molecule has 148 valence electrons. The van der Waals surface area contributed by atoms with Gasteiger partial charge >= 0.3 is 5.97 Å². The molecule has 2 aromatic heterocycles. The summed E-state index contributed by atoms with van der Waals surface area (Å²) in [5.41, 5.74) is 0.583. The Morgan fingerprint density at radius 1 is 1.48 bits per heavy atom. The van der Waals surface area contributed by atoms with Crippen LogP contribution in [0.4, 0.5) is 0 Å². The van der Waals surface area contributed by atoms with Gasteiger partial charge in [0, 0.05) is 29.9 Å². The summed E-state index contributed by atoms with van der Waals surface area (Å²) < 4.78 is 30.5. The number of carbonyl (C=O) groups excluding carboxylic acids is 2. The Hall–Kier alpha value is -1.94. The van der Waals surface area contributed by atoms with Crippen LogP contribution < -0.4 is 0 Å². The highest BCUT2D eigenvalue weighted by molar-refractivity contribution is 7.91. The molecule has 1 saturated heterocycles. The predicted molar refractivity (Wildman–Crippen MR) is 101 cm³/mol. The highest BCUT2D eigenvalue weighted by Crippen LogP contribution is 2.21. The average molecular weight is 414 g/mol. The lowest BCUT2D eigenvalue weighted by molar-refractivity contribution is -0.153. The summed E-state index contributed by atoms with van der Waals surface area (Å²) in [5.74, 6) is -0.819. The van der Waals surface area contributed by atoms with Crippen LogP contribution in [0.1, 0.15) is 32.4 Å². The number of amides is 1. The van der Waals surface area contributed by atoms with Gasteiger partial charge in [0.05, 0.1) is 23.6 Å². The number of fused-ring (bicyclic) bond motifs is 1. The Kier molecular flexibility index (Phi) is 5.85. The summed E-state index contributed by atoms with van der Waals surface area (Å²) in [7, 11) is -3.11. The van der Waals surface area contributed by atoms with E-state index in [1.165, 1.54) is 11.3 Å². The second-order valence-corrected chi connectivity index (χ2v) is 9.88. The zero-order valence-corrected chi connectivity index (χ0v) is 17.0. The fraction of sp³-hybridized carbons (Fsp3) is 0.588. The Balaban J connectivity index is 1.58. The van der Waals surface area contributed by atoms with Crippen LogP contribution in [-0.4, -0.2) is 64.8 Å². The first-order valence-corrected chi connectivity index (χ1v) is 11.6. The van der Waals surface area contributed by atoms with Crippen LogP contribution in [0.25, 0.3) is 4.96 Å². The zero-order chi connectivity index (χ0) is 19.6. The molecule has 0 saturated carbocycles. The number of aromatic nitrogens is 2. The van der Waals surface area contributed by atoms with Crippen molar-refractivity contribution in [3.63, 3.8) is 0 Å². The summed E-state index contributed by atoms with van der Waals surface area (Å²) in [6, 6.07) is -0.467. The molecule has 0 aliphatic carbocycles. The first-order valence-electron chi connectivity index (χ1n) is 8.87. The normalized spacial score (nSPS) is 19.9. The van der Waals surface area contributed by atoms with E-state index >= 15 is 0 Å². The molecule has 0 N–H and O–H groups in total. The Labute approximate surface area is 162 Å². The summed E-state index contributed by atoms with van der Waals surface area (Å²) in [6.07, 6.45) is 4.72. The lowest BCUT2D eigenvalue weighted by Crippen LogP contribution is -2.48. The fourth-order valence-electron chi connectivity index (χ4n) is 3.28. The quantitative estimate of drug-likeness (QED) is 0.635. The molecule has 0 spiro atoms. The van der Waals surface area contributed by atoms with E-state index in [-0.39, 0.29) is 42.5 Å². The minimum atomic E-state index is -3.11. The average Bonchev–Trinajstić information content (AvgIpc) is 3.27. The number of carbonyl (C=O) groups is 2. The number of rotatable bonds is 7. The smallest absolute Gasteiger partial charge is 0.312 e. The summed E-state index contributed by atoms with van der Waals surface area (Å²) in [4.78, 5) is 31.4. The molecule has 1 amide bonds. The molecular formula is C17H23N3O5S2. The monoisotopic (exact) mass is 413 g/mol. The van der Waals surface area contributed by atoms with Gasteiger partial charge in [-0.3, -0.25) is 14.0 Å². The SMILES string of the molecule is CC[C@H](C)N(C(=O)COC(=O)Cc1cn2ccsc2n1)[C@@H]1CCS(=O)(=O)C1. The summed E-state index contributed by atoms with van der Waals surface area (Å²) in [6.45, 7) is 3.43. The van der Waals surface area contributed by atoms with E-state index < -0.39 is 15.8 Å². The van der Waals surface area contributed by atoms with Gasteiger partial charge < -0.3 is 9.64 Å². The molecule has 0 unspecified atom stereocenters. The number of hydrogen-bond donors (Lipinski definition) is 0. The lowest BCUT2D eigenvalue weighted by Gasteiger charge is -2.33. The van der Waals surface area contributed by atoms with Crippen LogP contribution in [0.15, 0.2) is 17.8 Å². The van der Waals surface area contributed by atoms with Gasteiger partial charge in [-0.1, -0.05) is 6.92 Å². The standard InChI is InChI=1S/C17H23N3O5S2/c1-3-12(2)20(14-4-7-27(23,24)11-14)15(21)10-25-16(22)8-13-9-19-5-6-26-17(19)18-13/h5-6,9,12,14H,3-4,7-8,10-11H2,1-2H3/t12-,14+/m0/s1. The van der Waals surface area contributed by atoms with E-state index in [9.17, 15) is 18.0 Å². The number of imidazole rings is 1. The minimum Gasteiger partial charge on any atom is -0.455 e. The highest BCUT2D eigenvalue weighted by Gasteiger charge is 2.36. The van der Waals surface area contributed by atoms with E-state index in [4.69, 9.17) is 4.74 Å². The van der Waals surface area contributed by atoms with Gasteiger partial charge in [-0.2, -0.15) is 0 Å². The maximum absolute atomic E-state index is 12.6. The second kappa shape index (κ2) is 7.97. The molecule has 1 aliphatic heterocycles. The van der Waals surface area contributed by atoms with Crippen molar-refractivity contribution in [2.24, 2.45) is 0 Å². The van der Waals surface area contributed by atoms with Crippen LogP contribution in [0.2, 0.25) is 0 Å². The molecule has 1 fully saturated rings. The Morgan fingerprint density at radius 2 is 2.26 bits per heavy atom. The van der Waals surface area contributed by atoms with Gasteiger partial charge in [0.2, 0.25) is 0 Å². The van der Waals surface area contributed by atoms with Crippen molar-refractivity contribution in [3.05, 3.63) is 23.5 Å². The molecule has 0 bridgehead atoms. The predicted octanol–water partition coefficient (Wildman–Crippen LogP) is 1.30. The van der Waals surface area contributed by atoms with E-state index in [1.807, 2.05) is 29.8 Å². The van der Waals surface area contributed by atoms with Crippen LogP contribution in [0, 0.1) is 0 Å². The first kappa shape index (κ1) is 19.8. The van der Waals surface area contributed by atoms with Crippen LogP contribution >= 0.6 is 11.3 Å². The third kappa shape index (κ3) is 4.67. The molecule has 3 rings (SSSR count). The van der Waals surface area contributed by atoms with Crippen molar-refractivity contribution in [1.29, 1.82) is 0 Å². The van der Waals surface area contributed by atoms with Crippen LogP contribution in [0.5, 0.6) is 0 Å². The maximum Gasteiger partial charge on any atom is 0.312 e. The second-order valence-electron chi connectivity index (χ2n) is 6.78. The number of ether oxygens (including phenoxy) is 1. The summed E-state index contributed by atoms with van der Waals surface area (Å²) >= 11 is 1.47. The van der Waals surface area contributed by atoms with Gasteiger partial charge in [0.1, 0.15) is 0 Å². The van der Waals surface area contributed by atoms with E-state index in [1.54, 1.807) is 11.1 Å². The van der Waals surface area contributed by atoms with Gasteiger partial charge in [0.15, 0.2) is 21.4 Å². The topological polar surface area (TPSA) is 98.0 Å². The van der Waals surface area contributed by atoms with Crippen LogP contribution in [0.3, 0.4) is 0 Å². The van der Waals surface area contributed by atoms with Crippen molar-refractivity contribution < 1.29 is 22.7 Å². The molecule has 2 atom stereocenters. The number of sulfone groups is 1. The molecule has 0 radical (unpaired) electrons. The van der Waals surface area contributed by atoms with Crippen molar-refractivity contribution in [3.8, 4) is 0 Å². The Morgan fingerprint density at radius 3 is 2.89 bits per heavy atom. The fourth-order valence-corrected chi connectivity index (χ4v) is 5.71. The van der Waals surface area contributed by atoms with E-state index in [2.05, 4.69) is 4.98 Å². The number of nitrogens with zero attached hydrogens (tertiary/aromatic N) is 3. The number of thiazole rings is 1. The largest absolute Gasteiger partial charge is 0.455 e. The maximum atomic E-state index is 12.6. The van der Waals surface area contributed by atoms with Crippen molar-refractivity contribution in [1.82, 2.24) is 14.3 Å². The lowest BCUT2D eigenvalue weighted by atomic mass is 10.1. The molecule has 1 aliphatic rings.